The molecule has 0 N–H and O–H groups in total. The Labute approximate surface area is 146 Å². The maximum absolute atomic E-state index is 12.8. The van der Waals surface area contributed by atoms with E-state index in [2.05, 4.69) is 9.88 Å². The second kappa shape index (κ2) is 6.55. The molecule has 2 aromatic rings. The number of fused-ring (bicyclic) bond motifs is 1. The molecule has 1 amide bonds. The third-order valence-corrected chi connectivity index (χ3v) is 4.73. The van der Waals surface area contributed by atoms with Gasteiger partial charge in [0.15, 0.2) is 6.10 Å². The van der Waals surface area contributed by atoms with Crippen LogP contribution in [0, 0.1) is 0 Å². The van der Waals surface area contributed by atoms with Crippen LogP contribution in [0.2, 0.25) is 0 Å². The average Bonchev–Trinajstić information content (AvgIpc) is 2.68. The molecular formula is C19H19N3O3. The van der Waals surface area contributed by atoms with Gasteiger partial charge in [0, 0.05) is 38.8 Å². The van der Waals surface area contributed by atoms with Gasteiger partial charge in [-0.2, -0.15) is 0 Å². The SMILES string of the molecule is O=C1OC(C(=O)N2CCN(c3ccccn3)CC2)Cc2ccccc21. The second-order valence-corrected chi connectivity index (χ2v) is 6.26. The molecule has 0 radical (unpaired) electrons. The first-order valence-electron chi connectivity index (χ1n) is 8.46. The highest BCUT2D eigenvalue weighted by Crippen LogP contribution is 2.22. The summed E-state index contributed by atoms with van der Waals surface area (Å²) in [5.74, 6) is 0.406. The summed E-state index contributed by atoms with van der Waals surface area (Å²) in [5.41, 5.74) is 1.44. The monoisotopic (exact) mass is 337 g/mol. The van der Waals surface area contributed by atoms with Crippen molar-refractivity contribution in [1.82, 2.24) is 9.88 Å². The van der Waals surface area contributed by atoms with Gasteiger partial charge in [0.25, 0.3) is 5.91 Å². The number of piperazine rings is 1. The highest BCUT2D eigenvalue weighted by Gasteiger charge is 2.34. The predicted octanol–water partition coefficient (Wildman–Crippen LogP) is 1.51. The van der Waals surface area contributed by atoms with Gasteiger partial charge in [0.05, 0.1) is 5.56 Å². The molecule has 25 heavy (non-hydrogen) atoms. The number of benzene rings is 1. The number of amides is 1. The van der Waals surface area contributed by atoms with E-state index in [0.29, 0.717) is 25.1 Å². The Balaban J connectivity index is 1.41. The normalized spacial score (nSPS) is 20.0. The van der Waals surface area contributed by atoms with Crippen LogP contribution in [0.3, 0.4) is 0 Å². The van der Waals surface area contributed by atoms with E-state index in [4.69, 9.17) is 4.74 Å². The number of nitrogens with zero attached hydrogens (tertiary/aromatic N) is 3. The van der Waals surface area contributed by atoms with Crippen LogP contribution in [0.4, 0.5) is 5.82 Å². The summed E-state index contributed by atoms with van der Waals surface area (Å²) in [6.07, 6.45) is 1.50. The molecule has 128 valence electrons. The van der Waals surface area contributed by atoms with Gasteiger partial charge in [-0.25, -0.2) is 9.78 Å². The molecule has 3 heterocycles. The molecule has 0 spiro atoms. The number of ether oxygens (including phenoxy) is 1. The first-order chi connectivity index (χ1) is 12.2. The van der Waals surface area contributed by atoms with Crippen molar-refractivity contribution in [2.75, 3.05) is 31.1 Å². The molecule has 0 aliphatic carbocycles. The maximum atomic E-state index is 12.8. The van der Waals surface area contributed by atoms with E-state index in [1.165, 1.54) is 0 Å². The van der Waals surface area contributed by atoms with Gasteiger partial charge in [-0.05, 0) is 23.8 Å². The Kier molecular flexibility index (Phi) is 4.09. The van der Waals surface area contributed by atoms with Crippen LogP contribution in [0.15, 0.2) is 48.7 Å². The van der Waals surface area contributed by atoms with E-state index in [9.17, 15) is 9.59 Å². The molecule has 6 heteroatoms. The Hall–Kier alpha value is -2.89. The minimum atomic E-state index is -0.719. The first kappa shape index (κ1) is 15.6. The van der Waals surface area contributed by atoms with Crippen LogP contribution in [0.5, 0.6) is 0 Å². The van der Waals surface area contributed by atoms with Crippen molar-refractivity contribution in [3.05, 3.63) is 59.8 Å². The standard InChI is InChI=1S/C19H19N3O3/c23-18(16-13-14-5-1-2-6-15(14)19(24)25-16)22-11-9-21(10-12-22)17-7-3-4-8-20-17/h1-8,16H,9-13H2. The van der Waals surface area contributed by atoms with Crippen molar-refractivity contribution in [3.63, 3.8) is 0 Å². The number of hydrogen-bond donors (Lipinski definition) is 0. The van der Waals surface area contributed by atoms with Crippen LogP contribution in [-0.4, -0.2) is 54.0 Å². The van der Waals surface area contributed by atoms with E-state index >= 15 is 0 Å². The molecule has 2 aliphatic rings. The van der Waals surface area contributed by atoms with Crippen molar-refractivity contribution in [2.24, 2.45) is 0 Å². The molecule has 1 unspecified atom stereocenters. The predicted molar refractivity (Wildman–Crippen MR) is 92.4 cm³/mol. The van der Waals surface area contributed by atoms with Crippen molar-refractivity contribution in [3.8, 4) is 0 Å². The van der Waals surface area contributed by atoms with Crippen molar-refractivity contribution < 1.29 is 14.3 Å². The number of hydrogen-bond acceptors (Lipinski definition) is 5. The van der Waals surface area contributed by atoms with Gasteiger partial charge in [-0.15, -0.1) is 0 Å². The lowest BCUT2D eigenvalue weighted by Crippen LogP contribution is -2.53. The lowest BCUT2D eigenvalue weighted by Gasteiger charge is -2.37. The number of esters is 1. The number of rotatable bonds is 2. The van der Waals surface area contributed by atoms with Crippen LogP contribution >= 0.6 is 0 Å². The Bertz CT molecular complexity index is 786. The van der Waals surface area contributed by atoms with Crippen LogP contribution < -0.4 is 4.90 Å². The largest absolute Gasteiger partial charge is 0.448 e. The summed E-state index contributed by atoms with van der Waals surface area (Å²) >= 11 is 0. The molecule has 0 saturated carbocycles. The molecule has 1 saturated heterocycles. The molecule has 0 bridgehead atoms. The van der Waals surface area contributed by atoms with Crippen LogP contribution in [0.1, 0.15) is 15.9 Å². The third kappa shape index (κ3) is 3.07. The fourth-order valence-corrected chi connectivity index (χ4v) is 3.37. The van der Waals surface area contributed by atoms with Gasteiger partial charge in [0.1, 0.15) is 5.82 Å². The summed E-state index contributed by atoms with van der Waals surface area (Å²) < 4.78 is 5.38. The second-order valence-electron chi connectivity index (χ2n) is 6.26. The number of cyclic esters (lactones) is 1. The van der Waals surface area contributed by atoms with Gasteiger partial charge < -0.3 is 14.5 Å². The molecule has 1 fully saturated rings. The molecule has 2 aliphatic heterocycles. The summed E-state index contributed by atoms with van der Waals surface area (Å²) in [7, 11) is 0. The smallest absolute Gasteiger partial charge is 0.339 e. The Morgan fingerprint density at radius 2 is 1.80 bits per heavy atom. The zero-order chi connectivity index (χ0) is 17.2. The zero-order valence-corrected chi connectivity index (χ0v) is 13.8. The molecule has 1 aromatic heterocycles. The topological polar surface area (TPSA) is 62.7 Å². The highest BCUT2D eigenvalue weighted by molar-refractivity contribution is 5.95. The molecule has 4 rings (SSSR count). The van der Waals surface area contributed by atoms with Crippen molar-refractivity contribution in [2.45, 2.75) is 12.5 Å². The summed E-state index contributed by atoms with van der Waals surface area (Å²) in [6.45, 7) is 2.65. The summed E-state index contributed by atoms with van der Waals surface area (Å²) in [4.78, 5) is 33.2. The molecule has 1 atom stereocenters. The zero-order valence-electron chi connectivity index (χ0n) is 13.8. The minimum Gasteiger partial charge on any atom is -0.448 e. The van der Waals surface area contributed by atoms with Crippen molar-refractivity contribution >= 4 is 17.7 Å². The summed E-state index contributed by atoms with van der Waals surface area (Å²) in [5, 5.41) is 0. The van der Waals surface area contributed by atoms with Gasteiger partial charge >= 0.3 is 5.97 Å². The molecule has 1 aromatic carbocycles. The van der Waals surface area contributed by atoms with E-state index in [0.717, 1.165) is 24.5 Å². The minimum absolute atomic E-state index is 0.108. The van der Waals surface area contributed by atoms with E-state index in [-0.39, 0.29) is 5.91 Å². The van der Waals surface area contributed by atoms with E-state index in [1.54, 1.807) is 23.2 Å². The van der Waals surface area contributed by atoms with E-state index in [1.807, 2.05) is 30.3 Å². The fraction of sp³-hybridized carbons (Fsp3) is 0.316. The van der Waals surface area contributed by atoms with Crippen LogP contribution in [0.25, 0.3) is 0 Å². The van der Waals surface area contributed by atoms with E-state index < -0.39 is 12.1 Å². The average molecular weight is 337 g/mol. The number of anilines is 1. The fourth-order valence-electron chi connectivity index (χ4n) is 3.37. The lowest BCUT2D eigenvalue weighted by atomic mass is 9.98. The quantitative estimate of drug-likeness (QED) is 0.778. The molecule has 6 nitrogen and oxygen atoms in total. The maximum Gasteiger partial charge on any atom is 0.339 e. The number of carbonyl (C=O) groups is 2. The summed E-state index contributed by atoms with van der Waals surface area (Å²) in [6, 6.07) is 13.1. The van der Waals surface area contributed by atoms with Crippen molar-refractivity contribution in [1.29, 1.82) is 0 Å². The molecular weight excluding hydrogens is 318 g/mol. The first-order valence-corrected chi connectivity index (χ1v) is 8.46. The Morgan fingerprint density at radius 3 is 2.56 bits per heavy atom. The number of pyridine rings is 1. The number of aromatic nitrogens is 1. The van der Waals surface area contributed by atoms with Gasteiger partial charge in [-0.3, -0.25) is 4.79 Å². The highest BCUT2D eigenvalue weighted by atomic mass is 16.5. The van der Waals surface area contributed by atoms with Gasteiger partial charge in [-0.1, -0.05) is 24.3 Å². The third-order valence-electron chi connectivity index (χ3n) is 4.73. The number of carbonyl (C=O) groups excluding carboxylic acids is 2. The van der Waals surface area contributed by atoms with Crippen LogP contribution in [-0.2, 0) is 16.0 Å². The Morgan fingerprint density at radius 1 is 1.04 bits per heavy atom. The van der Waals surface area contributed by atoms with Gasteiger partial charge in [0.2, 0.25) is 0 Å². The lowest BCUT2D eigenvalue weighted by molar-refractivity contribution is -0.141.